The van der Waals surface area contributed by atoms with Gasteiger partial charge in [-0.1, -0.05) is 24.3 Å². The molecule has 6 nitrogen and oxygen atoms in total. The van der Waals surface area contributed by atoms with Gasteiger partial charge in [-0.3, -0.25) is 19.2 Å². The second kappa shape index (κ2) is 6.72. The van der Waals surface area contributed by atoms with E-state index in [9.17, 15) is 9.59 Å². The normalized spacial score (nSPS) is 13.3. The van der Waals surface area contributed by atoms with Crippen molar-refractivity contribution >= 4 is 23.2 Å². The maximum atomic E-state index is 13.0. The third-order valence-electron chi connectivity index (χ3n) is 4.65. The number of anilines is 2. The molecule has 6 heteroatoms. The summed E-state index contributed by atoms with van der Waals surface area (Å²) in [5.74, 6) is -0.377. The van der Waals surface area contributed by atoms with Gasteiger partial charge in [-0.25, -0.2) is 0 Å². The number of fused-ring (bicyclic) bond motifs is 1. The molecule has 2 amide bonds. The average molecular weight is 360 g/mol. The van der Waals surface area contributed by atoms with Crippen LogP contribution in [0.1, 0.15) is 27.3 Å². The fourth-order valence-corrected chi connectivity index (χ4v) is 3.33. The summed E-state index contributed by atoms with van der Waals surface area (Å²) < 4.78 is 1.94. The monoisotopic (exact) mass is 360 g/mol. The van der Waals surface area contributed by atoms with Crippen molar-refractivity contribution in [1.29, 1.82) is 0 Å². The molecule has 0 atom stereocenters. The van der Waals surface area contributed by atoms with Crippen LogP contribution in [0.5, 0.6) is 0 Å². The minimum Gasteiger partial charge on any atom is -0.323 e. The quantitative estimate of drug-likeness (QED) is 0.780. The van der Waals surface area contributed by atoms with Crippen LogP contribution in [0.2, 0.25) is 0 Å². The summed E-state index contributed by atoms with van der Waals surface area (Å²) in [6.45, 7) is 4.67. The van der Waals surface area contributed by atoms with Gasteiger partial charge in [0.1, 0.15) is 6.54 Å². The Kier molecular flexibility index (Phi) is 4.24. The molecule has 3 aromatic rings. The zero-order valence-corrected chi connectivity index (χ0v) is 15.3. The van der Waals surface area contributed by atoms with E-state index in [0.717, 1.165) is 17.0 Å². The van der Waals surface area contributed by atoms with Crippen molar-refractivity contribution in [2.24, 2.45) is 0 Å². The second-order valence-corrected chi connectivity index (χ2v) is 6.74. The van der Waals surface area contributed by atoms with E-state index in [4.69, 9.17) is 0 Å². The Hall–Kier alpha value is -3.41. The van der Waals surface area contributed by atoms with Gasteiger partial charge in [-0.2, -0.15) is 5.10 Å². The molecule has 1 aromatic heterocycles. The van der Waals surface area contributed by atoms with Gasteiger partial charge in [-0.05, 0) is 49.7 Å². The molecule has 2 aromatic carbocycles. The van der Waals surface area contributed by atoms with Gasteiger partial charge in [0, 0.05) is 11.3 Å². The molecule has 0 saturated heterocycles. The van der Waals surface area contributed by atoms with Crippen LogP contribution in [0.4, 0.5) is 11.4 Å². The van der Waals surface area contributed by atoms with Crippen LogP contribution in [-0.2, 0) is 11.3 Å². The third kappa shape index (κ3) is 3.33. The lowest BCUT2D eigenvalue weighted by Gasteiger charge is -2.29. The van der Waals surface area contributed by atoms with Gasteiger partial charge >= 0.3 is 0 Å². The molecule has 0 spiro atoms. The summed E-state index contributed by atoms with van der Waals surface area (Å²) in [5.41, 5.74) is 5.08. The number of amides is 2. The molecule has 1 aliphatic heterocycles. The summed E-state index contributed by atoms with van der Waals surface area (Å²) in [4.78, 5) is 26.4. The smallest absolute Gasteiger partial charge is 0.258 e. The second-order valence-electron chi connectivity index (χ2n) is 6.74. The Bertz CT molecular complexity index is 1020. The molecule has 0 aliphatic carbocycles. The average Bonchev–Trinajstić information content (AvgIpc) is 2.98. The van der Waals surface area contributed by atoms with Crippen molar-refractivity contribution in [3.8, 4) is 0 Å². The Labute approximate surface area is 157 Å². The van der Waals surface area contributed by atoms with Gasteiger partial charge < -0.3 is 5.32 Å². The van der Waals surface area contributed by atoms with E-state index >= 15 is 0 Å². The Morgan fingerprint density at radius 1 is 1.11 bits per heavy atom. The van der Waals surface area contributed by atoms with Crippen LogP contribution in [0.3, 0.4) is 0 Å². The molecule has 0 unspecified atom stereocenters. The lowest BCUT2D eigenvalue weighted by molar-refractivity contribution is -0.115. The molecule has 0 saturated carbocycles. The molecule has 136 valence electrons. The van der Waals surface area contributed by atoms with Crippen LogP contribution < -0.4 is 10.2 Å². The number of hydrogen-bond acceptors (Lipinski definition) is 3. The third-order valence-corrected chi connectivity index (χ3v) is 4.65. The summed E-state index contributed by atoms with van der Waals surface area (Å²) >= 11 is 0. The predicted molar refractivity (Wildman–Crippen MR) is 104 cm³/mol. The van der Waals surface area contributed by atoms with E-state index in [-0.39, 0.29) is 18.4 Å². The van der Waals surface area contributed by atoms with E-state index in [1.807, 2.05) is 54.9 Å². The largest absolute Gasteiger partial charge is 0.323 e. The van der Waals surface area contributed by atoms with Crippen molar-refractivity contribution < 1.29 is 9.59 Å². The van der Waals surface area contributed by atoms with E-state index < -0.39 is 0 Å². The maximum absolute atomic E-state index is 13.0. The predicted octanol–water partition coefficient (Wildman–Crippen LogP) is 3.15. The van der Waals surface area contributed by atoms with Crippen LogP contribution in [0.15, 0.2) is 54.6 Å². The van der Waals surface area contributed by atoms with Crippen LogP contribution in [-0.4, -0.2) is 28.1 Å². The number of carbonyl (C=O) groups excluding carboxylic acids is 2. The number of nitrogens with zero attached hydrogens (tertiary/aromatic N) is 3. The molecule has 1 N–H and O–H groups in total. The van der Waals surface area contributed by atoms with Crippen LogP contribution in [0, 0.1) is 13.8 Å². The molecular weight excluding hydrogens is 340 g/mol. The first-order valence-electron chi connectivity index (χ1n) is 8.82. The molecule has 0 fully saturated rings. The fraction of sp³-hybridized carbons (Fsp3) is 0.190. The Morgan fingerprint density at radius 3 is 2.56 bits per heavy atom. The number of rotatable bonds is 3. The van der Waals surface area contributed by atoms with Crippen molar-refractivity contribution in [3.05, 3.63) is 77.1 Å². The van der Waals surface area contributed by atoms with Gasteiger partial charge in [0.2, 0.25) is 5.91 Å². The van der Waals surface area contributed by atoms with Crippen molar-refractivity contribution in [1.82, 2.24) is 9.78 Å². The summed E-state index contributed by atoms with van der Waals surface area (Å²) in [6, 6.07) is 16.8. The Balaban J connectivity index is 1.56. The van der Waals surface area contributed by atoms with Gasteiger partial charge in [0.05, 0.1) is 23.6 Å². The van der Waals surface area contributed by atoms with E-state index in [1.165, 1.54) is 4.90 Å². The molecule has 0 bridgehead atoms. The first-order valence-corrected chi connectivity index (χ1v) is 8.82. The lowest BCUT2D eigenvalue weighted by Crippen LogP contribution is -2.42. The van der Waals surface area contributed by atoms with Gasteiger partial charge in [-0.15, -0.1) is 0 Å². The number of carbonyl (C=O) groups is 2. The van der Waals surface area contributed by atoms with Crippen LogP contribution in [0.25, 0.3) is 0 Å². The minimum absolute atomic E-state index is 0.0172. The standard InChI is InChI=1S/C21H20N4O2/c1-14-11-15(2)25(23-14)12-16-7-9-17(10-8-16)21(27)24-13-20(26)22-18-5-3-4-6-19(18)24/h3-11H,12-13H2,1-2H3,(H,22,26). The minimum atomic E-state index is -0.191. The van der Waals surface area contributed by atoms with Gasteiger partial charge in [0.15, 0.2) is 0 Å². The van der Waals surface area contributed by atoms with E-state index in [0.29, 0.717) is 23.5 Å². The zero-order valence-electron chi connectivity index (χ0n) is 15.3. The van der Waals surface area contributed by atoms with Crippen molar-refractivity contribution in [2.75, 3.05) is 16.8 Å². The molecule has 4 rings (SSSR count). The zero-order chi connectivity index (χ0) is 19.0. The number of aryl methyl sites for hydroxylation is 2. The summed E-state index contributed by atoms with van der Waals surface area (Å²) in [5, 5.41) is 7.26. The van der Waals surface area contributed by atoms with E-state index in [2.05, 4.69) is 10.4 Å². The first kappa shape index (κ1) is 17.0. The SMILES string of the molecule is Cc1cc(C)n(Cc2ccc(C(=O)N3CC(=O)Nc4ccccc43)cc2)n1. The highest BCUT2D eigenvalue weighted by Crippen LogP contribution is 2.30. The summed E-state index contributed by atoms with van der Waals surface area (Å²) in [7, 11) is 0. The molecule has 27 heavy (non-hydrogen) atoms. The molecule has 2 heterocycles. The number of nitrogens with one attached hydrogen (secondary N) is 1. The topological polar surface area (TPSA) is 67.2 Å². The number of benzene rings is 2. The number of para-hydroxylation sites is 2. The highest BCUT2D eigenvalue weighted by Gasteiger charge is 2.27. The van der Waals surface area contributed by atoms with E-state index in [1.54, 1.807) is 18.2 Å². The van der Waals surface area contributed by atoms with Gasteiger partial charge in [0.25, 0.3) is 5.91 Å². The summed E-state index contributed by atoms with van der Waals surface area (Å²) in [6.07, 6.45) is 0. The molecule has 1 aliphatic rings. The molecule has 0 radical (unpaired) electrons. The molecular formula is C21H20N4O2. The fourth-order valence-electron chi connectivity index (χ4n) is 3.33. The maximum Gasteiger partial charge on any atom is 0.258 e. The highest BCUT2D eigenvalue weighted by molar-refractivity contribution is 6.15. The number of hydrogen-bond donors (Lipinski definition) is 1. The lowest BCUT2D eigenvalue weighted by atomic mass is 10.1. The number of aromatic nitrogens is 2. The first-order chi connectivity index (χ1) is 13.0. The van der Waals surface area contributed by atoms with Crippen molar-refractivity contribution in [3.63, 3.8) is 0 Å². The van der Waals surface area contributed by atoms with Crippen molar-refractivity contribution in [2.45, 2.75) is 20.4 Å². The van der Waals surface area contributed by atoms with Crippen LogP contribution >= 0.6 is 0 Å². The highest BCUT2D eigenvalue weighted by atomic mass is 16.2. The Morgan fingerprint density at radius 2 is 1.85 bits per heavy atom.